The fourth-order valence-electron chi connectivity index (χ4n) is 2.98. The number of fused-ring (bicyclic) bond motifs is 1. The molecule has 0 radical (unpaired) electrons. The zero-order valence-corrected chi connectivity index (χ0v) is 17.6. The third kappa shape index (κ3) is 3.85. The first-order valence-corrected chi connectivity index (χ1v) is 10.4. The van der Waals surface area contributed by atoms with Gasteiger partial charge in [0.15, 0.2) is 0 Å². The number of carbonyl (C=O) groups excluding carboxylic acids is 2. The minimum absolute atomic E-state index is 0.0547. The van der Waals surface area contributed by atoms with Crippen molar-refractivity contribution in [2.75, 3.05) is 5.32 Å². The van der Waals surface area contributed by atoms with Gasteiger partial charge in [-0.05, 0) is 58.5 Å². The highest BCUT2D eigenvalue weighted by atomic mass is 127. The maximum Gasteiger partial charge on any atom is 0.266 e. The Balaban J connectivity index is 1.56. The van der Waals surface area contributed by atoms with Gasteiger partial charge in [-0.1, -0.05) is 23.7 Å². The number of thiophene rings is 1. The Hall–Kier alpha value is -1.97. The number of halogens is 2. The molecule has 3 heterocycles. The second kappa shape index (κ2) is 7.57. The lowest BCUT2D eigenvalue weighted by Crippen LogP contribution is -2.23. The van der Waals surface area contributed by atoms with Gasteiger partial charge >= 0.3 is 0 Å². The Kier molecular flexibility index (Phi) is 5.16. The maximum atomic E-state index is 12.8. The number of benzene rings is 1. The zero-order chi connectivity index (χ0) is 19.0. The van der Waals surface area contributed by atoms with Gasteiger partial charge < -0.3 is 10.2 Å². The van der Waals surface area contributed by atoms with Crippen LogP contribution in [0.3, 0.4) is 0 Å². The van der Waals surface area contributed by atoms with E-state index < -0.39 is 0 Å². The molecule has 0 saturated heterocycles. The Morgan fingerprint density at radius 1 is 1.30 bits per heavy atom. The molecule has 0 spiro atoms. The van der Waals surface area contributed by atoms with Crippen molar-refractivity contribution < 1.29 is 9.59 Å². The van der Waals surface area contributed by atoms with Crippen LogP contribution in [0, 0.1) is 3.57 Å². The highest BCUT2D eigenvalue weighted by Crippen LogP contribution is 2.30. The predicted octanol–water partition coefficient (Wildman–Crippen LogP) is 4.81. The van der Waals surface area contributed by atoms with E-state index in [1.165, 1.54) is 11.3 Å². The van der Waals surface area contributed by atoms with E-state index in [-0.39, 0.29) is 11.8 Å². The number of amides is 2. The zero-order valence-electron chi connectivity index (χ0n) is 13.9. The number of carbonyl (C=O) groups is 2. The van der Waals surface area contributed by atoms with E-state index in [1.807, 2.05) is 18.2 Å². The van der Waals surface area contributed by atoms with E-state index >= 15 is 0 Å². The van der Waals surface area contributed by atoms with E-state index in [0.717, 1.165) is 14.7 Å². The minimum atomic E-state index is -0.281. The van der Waals surface area contributed by atoms with Crippen LogP contribution in [0.4, 0.5) is 5.82 Å². The van der Waals surface area contributed by atoms with Crippen LogP contribution in [0.1, 0.15) is 31.2 Å². The molecule has 5 nitrogen and oxygen atoms in total. The molecular weight excluding hydrogens is 497 g/mol. The van der Waals surface area contributed by atoms with Crippen molar-refractivity contribution >= 4 is 63.2 Å². The quantitative estimate of drug-likeness (QED) is 0.514. The molecule has 1 N–H and O–H groups in total. The molecule has 0 saturated carbocycles. The van der Waals surface area contributed by atoms with Crippen molar-refractivity contribution in [2.45, 2.75) is 13.1 Å². The van der Waals surface area contributed by atoms with Crippen LogP contribution in [0.5, 0.6) is 0 Å². The van der Waals surface area contributed by atoms with Crippen LogP contribution < -0.4 is 5.32 Å². The van der Waals surface area contributed by atoms with Gasteiger partial charge in [0.25, 0.3) is 11.8 Å². The number of anilines is 1. The highest BCUT2D eigenvalue weighted by Gasteiger charge is 2.30. The van der Waals surface area contributed by atoms with Gasteiger partial charge in [0.2, 0.25) is 0 Å². The summed E-state index contributed by atoms with van der Waals surface area (Å²) in [7, 11) is 0. The van der Waals surface area contributed by atoms with Gasteiger partial charge in [0.05, 0.1) is 15.8 Å². The van der Waals surface area contributed by atoms with E-state index in [1.54, 1.807) is 29.3 Å². The van der Waals surface area contributed by atoms with Crippen molar-refractivity contribution in [3.05, 3.63) is 78.1 Å². The van der Waals surface area contributed by atoms with Gasteiger partial charge in [0.1, 0.15) is 5.82 Å². The van der Waals surface area contributed by atoms with Crippen LogP contribution in [-0.2, 0) is 13.1 Å². The average Bonchev–Trinajstić information content (AvgIpc) is 3.20. The average molecular weight is 510 g/mol. The first-order chi connectivity index (χ1) is 13.0. The molecule has 1 aromatic carbocycles. The molecule has 1 aliphatic heterocycles. The molecule has 27 heavy (non-hydrogen) atoms. The number of hydrogen-bond donors (Lipinski definition) is 1. The van der Waals surface area contributed by atoms with Crippen LogP contribution in [0.2, 0.25) is 4.34 Å². The van der Waals surface area contributed by atoms with Crippen molar-refractivity contribution in [3.8, 4) is 0 Å². The molecular formula is C19H13ClIN3O2S. The molecule has 0 atom stereocenters. The van der Waals surface area contributed by atoms with E-state index in [2.05, 4.69) is 39.0 Å². The number of nitrogens with zero attached hydrogens (tertiary/aromatic N) is 2. The summed E-state index contributed by atoms with van der Waals surface area (Å²) < 4.78 is 1.67. The summed E-state index contributed by atoms with van der Waals surface area (Å²) in [5.41, 5.74) is 2.38. The van der Waals surface area contributed by atoms with Crippen molar-refractivity contribution in [3.63, 3.8) is 0 Å². The second-order valence-corrected chi connectivity index (χ2v) is 9.00. The highest BCUT2D eigenvalue weighted by molar-refractivity contribution is 14.1. The molecule has 0 unspecified atom stereocenters. The maximum absolute atomic E-state index is 12.8. The molecule has 0 fully saturated rings. The second-order valence-electron chi connectivity index (χ2n) is 6.03. The lowest BCUT2D eigenvalue weighted by atomic mass is 10.1. The fourth-order valence-corrected chi connectivity index (χ4v) is 4.53. The fraction of sp³-hybridized carbons (Fsp3) is 0.105. The number of hydrogen-bond acceptors (Lipinski definition) is 4. The van der Waals surface area contributed by atoms with Crippen LogP contribution in [0.25, 0.3) is 0 Å². The number of pyridine rings is 1. The first-order valence-electron chi connectivity index (χ1n) is 8.09. The van der Waals surface area contributed by atoms with Crippen LogP contribution in [-0.4, -0.2) is 21.7 Å². The minimum Gasteiger partial charge on any atom is -0.330 e. The van der Waals surface area contributed by atoms with E-state index in [9.17, 15) is 9.59 Å². The third-order valence-corrected chi connectivity index (χ3v) is 6.11. The normalized spacial score (nSPS) is 13.0. The molecule has 0 bridgehead atoms. The molecule has 3 aromatic rings. The van der Waals surface area contributed by atoms with Crippen molar-refractivity contribution in [2.24, 2.45) is 0 Å². The standard InChI is InChI=1S/C19H13ClIN3O2S/c20-16-5-4-15(27-16)18(25)23-17-14-10-24(19(26)13(14)6-7-22-17)9-11-2-1-3-12(21)8-11/h1-8H,9-10H2,(H,22,23,25). The predicted molar refractivity (Wildman–Crippen MR) is 114 cm³/mol. The summed E-state index contributed by atoms with van der Waals surface area (Å²) in [6.45, 7) is 0.923. The molecule has 0 aliphatic carbocycles. The van der Waals surface area contributed by atoms with Gasteiger partial charge in [-0.2, -0.15) is 0 Å². The summed E-state index contributed by atoms with van der Waals surface area (Å²) in [4.78, 5) is 31.7. The summed E-state index contributed by atoms with van der Waals surface area (Å²) in [5.74, 6) is 0.0813. The van der Waals surface area contributed by atoms with E-state index in [4.69, 9.17) is 11.6 Å². The molecule has 2 aromatic heterocycles. The molecule has 8 heteroatoms. The summed E-state index contributed by atoms with van der Waals surface area (Å²) in [6, 6.07) is 13.1. The molecule has 1 aliphatic rings. The monoisotopic (exact) mass is 509 g/mol. The molecule has 2 amide bonds. The largest absolute Gasteiger partial charge is 0.330 e. The van der Waals surface area contributed by atoms with Gasteiger partial charge in [-0.3, -0.25) is 9.59 Å². The summed E-state index contributed by atoms with van der Waals surface area (Å²) in [6.07, 6.45) is 1.54. The lowest BCUT2D eigenvalue weighted by molar-refractivity contribution is 0.0766. The number of aromatic nitrogens is 1. The smallest absolute Gasteiger partial charge is 0.266 e. The molecule has 4 rings (SSSR count). The van der Waals surface area contributed by atoms with E-state index in [0.29, 0.717) is 33.7 Å². The topological polar surface area (TPSA) is 62.3 Å². The van der Waals surface area contributed by atoms with Gasteiger partial charge in [0, 0.05) is 27.4 Å². The van der Waals surface area contributed by atoms with Gasteiger partial charge in [-0.25, -0.2) is 4.98 Å². The Morgan fingerprint density at radius 2 is 2.15 bits per heavy atom. The third-order valence-electron chi connectivity index (χ3n) is 4.21. The van der Waals surface area contributed by atoms with Crippen molar-refractivity contribution in [1.82, 2.24) is 9.88 Å². The summed E-state index contributed by atoms with van der Waals surface area (Å²) >= 11 is 9.35. The first kappa shape index (κ1) is 18.4. The SMILES string of the molecule is O=C(Nc1nccc2c1CN(Cc1cccc(I)c1)C2=O)c1ccc(Cl)s1. The number of nitrogens with one attached hydrogen (secondary N) is 1. The van der Waals surface area contributed by atoms with Crippen molar-refractivity contribution in [1.29, 1.82) is 0 Å². The molecule has 136 valence electrons. The van der Waals surface area contributed by atoms with Crippen LogP contribution in [0.15, 0.2) is 48.7 Å². The lowest BCUT2D eigenvalue weighted by Gasteiger charge is -2.16. The van der Waals surface area contributed by atoms with Gasteiger partial charge in [-0.15, -0.1) is 11.3 Å². The Labute approximate surface area is 178 Å². The number of rotatable bonds is 4. The Bertz CT molecular complexity index is 1050. The van der Waals surface area contributed by atoms with Crippen LogP contribution >= 0.6 is 45.5 Å². The Morgan fingerprint density at radius 3 is 2.89 bits per heavy atom. The summed E-state index contributed by atoms with van der Waals surface area (Å²) in [5, 5.41) is 2.81.